The van der Waals surface area contributed by atoms with Gasteiger partial charge in [-0.2, -0.15) is 0 Å². The van der Waals surface area contributed by atoms with Crippen LogP contribution in [-0.2, 0) is 6.42 Å². The van der Waals surface area contributed by atoms with Crippen LogP contribution in [0.4, 0.5) is 8.78 Å². The Labute approximate surface area is 176 Å². The Bertz CT molecular complexity index is 707. The second-order valence-electron chi connectivity index (χ2n) is 9.40. The van der Waals surface area contributed by atoms with E-state index >= 15 is 0 Å². The first-order chi connectivity index (χ1) is 14.1. The molecular weight excluding hydrogens is 362 g/mol. The van der Waals surface area contributed by atoms with Gasteiger partial charge in [0.15, 0.2) is 11.6 Å². The Morgan fingerprint density at radius 1 is 1.03 bits per heavy atom. The third kappa shape index (κ3) is 6.27. The van der Waals surface area contributed by atoms with Crippen LogP contribution in [0.3, 0.4) is 0 Å². The number of aryl methyl sites for hydroxylation is 1. The molecule has 0 N–H and O–H groups in total. The summed E-state index contributed by atoms with van der Waals surface area (Å²) < 4.78 is 29.4. The summed E-state index contributed by atoms with van der Waals surface area (Å²) in [5.41, 5.74) is 1.98. The molecule has 160 valence electrons. The van der Waals surface area contributed by atoms with Gasteiger partial charge in [0.05, 0.1) is 0 Å². The van der Waals surface area contributed by atoms with Gasteiger partial charge in [0.1, 0.15) is 0 Å². The highest BCUT2D eigenvalue weighted by Crippen LogP contribution is 2.35. The van der Waals surface area contributed by atoms with Crippen molar-refractivity contribution in [2.24, 2.45) is 17.8 Å². The van der Waals surface area contributed by atoms with E-state index in [1.807, 2.05) is 0 Å². The average molecular weight is 401 g/mol. The fourth-order valence-electron chi connectivity index (χ4n) is 4.92. The standard InChI is InChI=1S/C27H38F2/c1-3-4-7-21-14-16-23(17-15-21)25-19-18-24(26(28)27(25)29)9-6-5-8-22-12-10-20(2)11-13-22/h5,8,16,18-22H,3-4,6-7,9-15,17H2,1-2H3/b8-5+. The molecule has 2 aliphatic carbocycles. The van der Waals surface area contributed by atoms with Crippen molar-refractivity contribution in [3.05, 3.63) is 53.1 Å². The summed E-state index contributed by atoms with van der Waals surface area (Å²) in [5.74, 6) is 0.957. The van der Waals surface area contributed by atoms with E-state index in [0.29, 0.717) is 29.4 Å². The van der Waals surface area contributed by atoms with E-state index < -0.39 is 11.6 Å². The van der Waals surface area contributed by atoms with Crippen molar-refractivity contribution in [1.82, 2.24) is 0 Å². The fourth-order valence-corrected chi connectivity index (χ4v) is 4.92. The predicted molar refractivity (Wildman–Crippen MR) is 120 cm³/mol. The molecule has 0 saturated heterocycles. The first kappa shape index (κ1) is 22.2. The second-order valence-corrected chi connectivity index (χ2v) is 9.40. The molecular formula is C27H38F2. The molecule has 0 amide bonds. The van der Waals surface area contributed by atoms with Gasteiger partial charge >= 0.3 is 0 Å². The number of hydrogen-bond donors (Lipinski definition) is 0. The Kier molecular flexibility index (Phi) is 8.51. The molecule has 0 nitrogen and oxygen atoms in total. The predicted octanol–water partition coefficient (Wildman–Crippen LogP) is 8.65. The molecule has 1 unspecified atom stereocenters. The minimum Gasteiger partial charge on any atom is -0.203 e. The third-order valence-corrected chi connectivity index (χ3v) is 7.04. The van der Waals surface area contributed by atoms with Gasteiger partial charge in [-0.15, -0.1) is 0 Å². The molecule has 0 spiro atoms. The van der Waals surface area contributed by atoms with Gasteiger partial charge in [-0.05, 0) is 73.8 Å². The lowest BCUT2D eigenvalue weighted by Crippen LogP contribution is -2.10. The van der Waals surface area contributed by atoms with Crippen molar-refractivity contribution in [1.29, 1.82) is 0 Å². The Balaban J connectivity index is 1.55. The topological polar surface area (TPSA) is 0 Å². The number of rotatable bonds is 8. The molecule has 1 fully saturated rings. The number of halogens is 2. The van der Waals surface area contributed by atoms with Gasteiger partial charge in [0.25, 0.3) is 0 Å². The van der Waals surface area contributed by atoms with Crippen LogP contribution in [0.2, 0.25) is 0 Å². The largest absolute Gasteiger partial charge is 0.203 e. The summed E-state index contributed by atoms with van der Waals surface area (Å²) in [6, 6.07) is 3.60. The van der Waals surface area contributed by atoms with Crippen LogP contribution in [0, 0.1) is 29.4 Å². The zero-order chi connectivity index (χ0) is 20.6. The lowest BCUT2D eigenvalue weighted by Gasteiger charge is -2.23. The van der Waals surface area contributed by atoms with Crippen molar-refractivity contribution >= 4 is 5.57 Å². The number of hydrogen-bond acceptors (Lipinski definition) is 0. The van der Waals surface area contributed by atoms with Gasteiger partial charge in [-0.3, -0.25) is 0 Å². The monoisotopic (exact) mass is 400 g/mol. The van der Waals surface area contributed by atoms with Crippen molar-refractivity contribution in [3.63, 3.8) is 0 Å². The smallest absolute Gasteiger partial charge is 0.166 e. The first-order valence-corrected chi connectivity index (χ1v) is 11.9. The zero-order valence-corrected chi connectivity index (χ0v) is 18.4. The normalized spacial score (nSPS) is 25.4. The molecule has 0 heterocycles. The molecule has 1 atom stereocenters. The Hall–Kier alpha value is -1.44. The molecule has 0 aliphatic heterocycles. The highest BCUT2D eigenvalue weighted by Gasteiger charge is 2.20. The minimum absolute atomic E-state index is 0.479. The summed E-state index contributed by atoms with van der Waals surface area (Å²) in [6.07, 6.45) is 19.8. The summed E-state index contributed by atoms with van der Waals surface area (Å²) in [7, 11) is 0. The molecule has 2 heteroatoms. The molecule has 0 radical (unpaired) electrons. The van der Waals surface area contributed by atoms with Gasteiger partial charge < -0.3 is 0 Å². The Morgan fingerprint density at radius 3 is 2.52 bits per heavy atom. The van der Waals surface area contributed by atoms with Crippen LogP contribution in [0.1, 0.15) is 95.6 Å². The quantitative estimate of drug-likeness (QED) is 0.383. The maximum Gasteiger partial charge on any atom is 0.166 e. The van der Waals surface area contributed by atoms with Crippen molar-refractivity contribution in [2.45, 2.75) is 90.9 Å². The van der Waals surface area contributed by atoms with E-state index in [4.69, 9.17) is 0 Å². The number of benzene rings is 1. The van der Waals surface area contributed by atoms with Crippen LogP contribution in [0.5, 0.6) is 0 Å². The van der Waals surface area contributed by atoms with Crippen LogP contribution in [0.25, 0.3) is 5.57 Å². The van der Waals surface area contributed by atoms with Crippen LogP contribution in [0.15, 0.2) is 30.4 Å². The SMILES string of the molecule is CCCCC1CC=C(c2ccc(CC/C=C/C3CCC(C)CC3)c(F)c2F)CC1. The Morgan fingerprint density at radius 2 is 1.83 bits per heavy atom. The van der Waals surface area contributed by atoms with E-state index in [0.717, 1.165) is 37.2 Å². The number of allylic oxidation sites excluding steroid dienone is 4. The lowest BCUT2D eigenvalue weighted by molar-refractivity contribution is 0.330. The molecule has 2 aliphatic rings. The first-order valence-electron chi connectivity index (χ1n) is 11.9. The molecule has 29 heavy (non-hydrogen) atoms. The summed E-state index contributed by atoms with van der Waals surface area (Å²) >= 11 is 0. The fraction of sp³-hybridized carbons (Fsp3) is 0.630. The van der Waals surface area contributed by atoms with E-state index in [9.17, 15) is 8.78 Å². The zero-order valence-electron chi connectivity index (χ0n) is 18.4. The van der Waals surface area contributed by atoms with Gasteiger partial charge in [0.2, 0.25) is 0 Å². The molecule has 3 rings (SSSR count). The molecule has 1 aromatic carbocycles. The second kappa shape index (κ2) is 11.1. The van der Waals surface area contributed by atoms with Crippen LogP contribution < -0.4 is 0 Å². The van der Waals surface area contributed by atoms with Crippen LogP contribution >= 0.6 is 0 Å². The van der Waals surface area contributed by atoms with Gasteiger partial charge in [-0.25, -0.2) is 8.78 Å². The lowest BCUT2D eigenvalue weighted by atomic mass is 9.83. The molecule has 0 aromatic heterocycles. The summed E-state index contributed by atoms with van der Waals surface area (Å²) in [6.45, 7) is 4.55. The van der Waals surface area contributed by atoms with Gasteiger partial charge in [-0.1, -0.05) is 76.3 Å². The average Bonchev–Trinajstić information content (AvgIpc) is 2.74. The van der Waals surface area contributed by atoms with Gasteiger partial charge in [0, 0.05) is 5.56 Å². The maximum atomic E-state index is 14.7. The third-order valence-electron chi connectivity index (χ3n) is 7.04. The van der Waals surface area contributed by atoms with E-state index in [1.54, 1.807) is 12.1 Å². The minimum atomic E-state index is -0.647. The molecule has 1 saturated carbocycles. The van der Waals surface area contributed by atoms with E-state index in [1.165, 1.54) is 44.9 Å². The van der Waals surface area contributed by atoms with Crippen molar-refractivity contribution in [2.75, 3.05) is 0 Å². The number of unbranched alkanes of at least 4 members (excludes halogenated alkanes) is 1. The maximum absolute atomic E-state index is 14.7. The highest BCUT2D eigenvalue weighted by molar-refractivity contribution is 5.67. The molecule has 1 aromatic rings. The summed E-state index contributed by atoms with van der Waals surface area (Å²) in [5, 5.41) is 0. The van der Waals surface area contributed by atoms with Crippen molar-refractivity contribution < 1.29 is 8.78 Å². The van der Waals surface area contributed by atoms with E-state index in [2.05, 4.69) is 32.1 Å². The van der Waals surface area contributed by atoms with Crippen molar-refractivity contribution in [3.8, 4) is 0 Å². The summed E-state index contributed by atoms with van der Waals surface area (Å²) in [4.78, 5) is 0. The van der Waals surface area contributed by atoms with Crippen LogP contribution in [-0.4, -0.2) is 0 Å². The highest BCUT2D eigenvalue weighted by atomic mass is 19.2. The molecule has 0 bridgehead atoms. The van der Waals surface area contributed by atoms with E-state index in [-0.39, 0.29) is 0 Å².